The Morgan fingerprint density at radius 2 is 2.20 bits per heavy atom. The van der Waals surface area contributed by atoms with E-state index in [1.807, 2.05) is 31.3 Å². The molecule has 1 aliphatic heterocycles. The summed E-state index contributed by atoms with van der Waals surface area (Å²) in [6, 6.07) is 7.90. The lowest BCUT2D eigenvalue weighted by Gasteiger charge is -2.20. The van der Waals surface area contributed by atoms with Crippen LogP contribution in [0.15, 0.2) is 24.3 Å². The van der Waals surface area contributed by atoms with Crippen molar-refractivity contribution in [3.63, 3.8) is 0 Å². The summed E-state index contributed by atoms with van der Waals surface area (Å²) in [5.74, 6) is 5.98. The first-order valence-corrected chi connectivity index (χ1v) is 6.81. The lowest BCUT2D eigenvalue weighted by molar-refractivity contribution is -0.134. The van der Waals surface area contributed by atoms with Gasteiger partial charge in [0.05, 0.1) is 19.1 Å². The van der Waals surface area contributed by atoms with Crippen LogP contribution in [0.1, 0.15) is 17.5 Å². The van der Waals surface area contributed by atoms with Crippen LogP contribution < -0.4 is 5.73 Å². The highest BCUT2D eigenvalue weighted by molar-refractivity contribution is 5.78. The third-order valence-electron chi connectivity index (χ3n) is 3.36. The highest BCUT2D eigenvalue weighted by Crippen LogP contribution is 2.16. The summed E-state index contributed by atoms with van der Waals surface area (Å²) in [5, 5.41) is 0. The van der Waals surface area contributed by atoms with Crippen LogP contribution in [0.2, 0.25) is 0 Å². The fraction of sp³-hybridized carbons (Fsp3) is 0.438. The molecule has 2 rings (SSSR count). The van der Waals surface area contributed by atoms with Crippen molar-refractivity contribution in [2.75, 3.05) is 26.8 Å². The first kappa shape index (κ1) is 14.6. The summed E-state index contributed by atoms with van der Waals surface area (Å²) in [4.78, 5) is 13.9. The van der Waals surface area contributed by atoms with Crippen molar-refractivity contribution in [3.05, 3.63) is 35.4 Å². The van der Waals surface area contributed by atoms with E-state index in [1.165, 1.54) is 0 Å². The van der Waals surface area contributed by atoms with E-state index in [1.54, 1.807) is 4.90 Å². The van der Waals surface area contributed by atoms with Gasteiger partial charge in [0.1, 0.15) is 0 Å². The molecule has 0 spiro atoms. The van der Waals surface area contributed by atoms with E-state index in [0.717, 1.165) is 17.5 Å². The Hall–Kier alpha value is -1.83. The minimum Gasteiger partial charge on any atom is -0.381 e. The maximum atomic E-state index is 12.2. The van der Waals surface area contributed by atoms with Gasteiger partial charge in [-0.15, -0.1) is 0 Å². The van der Waals surface area contributed by atoms with Gasteiger partial charge in [0.25, 0.3) is 0 Å². The smallest absolute Gasteiger partial charge is 0.228 e. The van der Waals surface area contributed by atoms with E-state index in [2.05, 4.69) is 11.8 Å². The fourth-order valence-electron chi connectivity index (χ4n) is 2.24. The van der Waals surface area contributed by atoms with Crippen LogP contribution in [0.5, 0.6) is 0 Å². The molecule has 1 atom stereocenters. The first-order chi connectivity index (χ1) is 9.70. The van der Waals surface area contributed by atoms with Gasteiger partial charge in [0.2, 0.25) is 5.91 Å². The van der Waals surface area contributed by atoms with Crippen molar-refractivity contribution in [2.24, 2.45) is 11.7 Å². The Labute approximate surface area is 119 Å². The molecule has 0 radical (unpaired) electrons. The number of benzene rings is 1. The molecule has 2 N–H and O–H groups in total. The van der Waals surface area contributed by atoms with Gasteiger partial charge in [-0.1, -0.05) is 24.0 Å². The molecule has 1 fully saturated rings. The van der Waals surface area contributed by atoms with Crippen LogP contribution in [0, 0.1) is 17.8 Å². The van der Waals surface area contributed by atoms with E-state index in [9.17, 15) is 4.79 Å². The Balaban J connectivity index is 1.93. The van der Waals surface area contributed by atoms with Crippen LogP contribution in [0.25, 0.3) is 0 Å². The molecule has 0 saturated carbocycles. The molecule has 0 bridgehead atoms. The van der Waals surface area contributed by atoms with E-state index in [0.29, 0.717) is 26.3 Å². The van der Waals surface area contributed by atoms with E-state index in [-0.39, 0.29) is 11.8 Å². The van der Waals surface area contributed by atoms with E-state index in [4.69, 9.17) is 10.5 Å². The predicted octanol–water partition coefficient (Wildman–Crippen LogP) is 0.992. The molecule has 1 saturated heterocycles. The Kier molecular flexibility index (Phi) is 5.16. The second-order valence-corrected chi connectivity index (χ2v) is 4.96. The average Bonchev–Trinajstić information content (AvgIpc) is 3.00. The second-order valence-electron chi connectivity index (χ2n) is 4.96. The largest absolute Gasteiger partial charge is 0.381 e. The summed E-state index contributed by atoms with van der Waals surface area (Å²) in [7, 11) is 1.84. The van der Waals surface area contributed by atoms with Gasteiger partial charge in [0, 0.05) is 25.8 Å². The summed E-state index contributed by atoms with van der Waals surface area (Å²) < 4.78 is 5.26. The molecule has 0 aromatic heterocycles. The monoisotopic (exact) mass is 272 g/mol. The zero-order chi connectivity index (χ0) is 14.4. The maximum absolute atomic E-state index is 12.2. The Morgan fingerprint density at radius 1 is 1.45 bits per heavy atom. The number of nitrogens with zero attached hydrogens (tertiary/aromatic N) is 1. The molecular formula is C16H20N2O2. The lowest BCUT2D eigenvalue weighted by atomic mass is 10.1. The fourth-order valence-corrected chi connectivity index (χ4v) is 2.24. The van der Waals surface area contributed by atoms with Crippen molar-refractivity contribution in [3.8, 4) is 11.8 Å². The van der Waals surface area contributed by atoms with Crippen LogP contribution >= 0.6 is 0 Å². The molecule has 0 aliphatic carbocycles. The molecule has 20 heavy (non-hydrogen) atoms. The van der Waals surface area contributed by atoms with Crippen molar-refractivity contribution in [2.45, 2.75) is 13.0 Å². The van der Waals surface area contributed by atoms with Gasteiger partial charge in [-0.2, -0.15) is 0 Å². The van der Waals surface area contributed by atoms with Gasteiger partial charge in [-0.25, -0.2) is 0 Å². The van der Waals surface area contributed by atoms with Crippen molar-refractivity contribution < 1.29 is 9.53 Å². The predicted molar refractivity (Wildman–Crippen MR) is 77.8 cm³/mol. The third kappa shape index (κ3) is 3.83. The minimum absolute atomic E-state index is 0.0229. The molecule has 1 amide bonds. The van der Waals surface area contributed by atoms with Gasteiger partial charge >= 0.3 is 0 Å². The highest BCUT2D eigenvalue weighted by Gasteiger charge is 2.26. The van der Waals surface area contributed by atoms with Crippen molar-refractivity contribution in [1.29, 1.82) is 0 Å². The standard InChI is InChI=1S/C16H20N2O2/c1-18(16(19)15-8-10-20-12-15)11-14-6-4-13(5-7-14)3-2-9-17/h4-7,15H,8-12,17H2,1H3. The number of rotatable bonds is 3. The molecule has 1 aromatic carbocycles. The molecule has 106 valence electrons. The molecule has 4 heteroatoms. The number of ether oxygens (including phenoxy) is 1. The zero-order valence-electron chi connectivity index (χ0n) is 11.8. The number of amides is 1. The normalized spacial score (nSPS) is 17.4. The van der Waals surface area contributed by atoms with Crippen molar-refractivity contribution >= 4 is 5.91 Å². The van der Waals surface area contributed by atoms with Crippen molar-refractivity contribution in [1.82, 2.24) is 4.90 Å². The van der Waals surface area contributed by atoms with Crippen LogP contribution in [-0.4, -0.2) is 37.6 Å². The second kappa shape index (κ2) is 7.09. The SMILES string of the molecule is CN(Cc1ccc(C#CCN)cc1)C(=O)C1CCOC1. The summed E-state index contributed by atoms with van der Waals surface area (Å²) in [6.45, 7) is 2.22. The highest BCUT2D eigenvalue weighted by atomic mass is 16.5. The van der Waals surface area contributed by atoms with Gasteiger partial charge < -0.3 is 15.4 Å². The lowest BCUT2D eigenvalue weighted by Crippen LogP contribution is -2.32. The molecule has 1 aliphatic rings. The summed E-state index contributed by atoms with van der Waals surface area (Å²) >= 11 is 0. The first-order valence-electron chi connectivity index (χ1n) is 6.81. The van der Waals surface area contributed by atoms with E-state index >= 15 is 0 Å². The van der Waals surface area contributed by atoms with E-state index < -0.39 is 0 Å². The molecular weight excluding hydrogens is 252 g/mol. The quantitative estimate of drug-likeness (QED) is 0.835. The summed E-state index contributed by atoms with van der Waals surface area (Å²) in [5.41, 5.74) is 7.37. The van der Waals surface area contributed by atoms with Crippen LogP contribution in [-0.2, 0) is 16.1 Å². The van der Waals surface area contributed by atoms with Gasteiger partial charge in [-0.3, -0.25) is 4.79 Å². The van der Waals surface area contributed by atoms with Gasteiger partial charge in [0.15, 0.2) is 0 Å². The topological polar surface area (TPSA) is 55.6 Å². The Morgan fingerprint density at radius 3 is 2.80 bits per heavy atom. The Bertz CT molecular complexity index is 508. The van der Waals surface area contributed by atoms with Crippen LogP contribution in [0.3, 0.4) is 0 Å². The minimum atomic E-state index is 0.0229. The molecule has 1 unspecified atom stereocenters. The maximum Gasteiger partial charge on any atom is 0.228 e. The average molecular weight is 272 g/mol. The number of hydrogen-bond acceptors (Lipinski definition) is 3. The number of carbonyl (C=O) groups is 1. The third-order valence-corrected chi connectivity index (χ3v) is 3.36. The molecule has 4 nitrogen and oxygen atoms in total. The number of nitrogens with two attached hydrogens (primary N) is 1. The molecule has 1 aromatic rings. The number of hydrogen-bond donors (Lipinski definition) is 1. The van der Waals surface area contributed by atoms with Crippen LogP contribution in [0.4, 0.5) is 0 Å². The number of carbonyl (C=O) groups excluding carboxylic acids is 1. The summed E-state index contributed by atoms with van der Waals surface area (Å²) in [6.07, 6.45) is 0.830. The molecule has 1 heterocycles. The van der Waals surface area contributed by atoms with Gasteiger partial charge in [-0.05, 0) is 24.1 Å². The zero-order valence-corrected chi connectivity index (χ0v) is 11.8.